The molecule has 1 atom stereocenters. The first kappa shape index (κ1) is 12.6. The van der Waals surface area contributed by atoms with E-state index >= 15 is 0 Å². The van der Waals surface area contributed by atoms with Crippen molar-refractivity contribution in [2.75, 3.05) is 0 Å². The molecule has 0 spiro atoms. The van der Waals surface area contributed by atoms with Crippen molar-refractivity contribution in [1.82, 2.24) is 0 Å². The molecule has 0 aromatic heterocycles. The Hall–Kier alpha value is -1.51. The second kappa shape index (κ2) is 5.54. The van der Waals surface area contributed by atoms with Crippen molar-refractivity contribution in [3.63, 3.8) is 0 Å². The highest BCUT2D eigenvalue weighted by molar-refractivity contribution is 5.67. The summed E-state index contributed by atoms with van der Waals surface area (Å²) in [5.74, 6) is 0.370. The van der Waals surface area contributed by atoms with Gasteiger partial charge in [0, 0.05) is 0 Å². The van der Waals surface area contributed by atoms with Gasteiger partial charge in [-0.15, -0.1) is 0 Å². The van der Waals surface area contributed by atoms with Gasteiger partial charge in [-0.1, -0.05) is 26.0 Å². The van der Waals surface area contributed by atoms with Crippen LogP contribution < -0.4 is 4.74 Å². The summed E-state index contributed by atoms with van der Waals surface area (Å²) in [5, 5.41) is 8.60. The molecular weight excluding hydrogens is 204 g/mol. The van der Waals surface area contributed by atoms with Crippen molar-refractivity contribution in [3.05, 3.63) is 29.8 Å². The number of carboxylic acid groups (broad SMARTS) is 1. The molecule has 0 fully saturated rings. The molecule has 0 bridgehead atoms. The lowest BCUT2D eigenvalue weighted by atomic mass is 10.0. The van der Waals surface area contributed by atoms with Crippen LogP contribution in [0, 0.1) is 0 Å². The minimum Gasteiger partial charge on any atom is -0.490 e. The highest BCUT2D eigenvalue weighted by Gasteiger charge is 2.09. The zero-order chi connectivity index (χ0) is 12.1. The van der Waals surface area contributed by atoms with E-state index in [0.29, 0.717) is 5.92 Å². The van der Waals surface area contributed by atoms with Crippen molar-refractivity contribution in [2.45, 2.75) is 39.2 Å². The van der Waals surface area contributed by atoms with E-state index in [4.69, 9.17) is 9.84 Å². The average Bonchev–Trinajstić information content (AvgIpc) is 2.16. The summed E-state index contributed by atoms with van der Waals surface area (Å²) in [6.07, 6.45) is -0.284. The fourth-order valence-corrected chi connectivity index (χ4v) is 1.45. The molecule has 16 heavy (non-hydrogen) atoms. The monoisotopic (exact) mass is 222 g/mol. The Morgan fingerprint density at radius 3 is 2.25 bits per heavy atom. The van der Waals surface area contributed by atoms with Crippen LogP contribution in [0.5, 0.6) is 5.75 Å². The fourth-order valence-electron chi connectivity index (χ4n) is 1.45. The number of hydrogen-bond acceptors (Lipinski definition) is 2. The molecule has 0 saturated heterocycles. The van der Waals surface area contributed by atoms with Crippen LogP contribution in [-0.4, -0.2) is 17.2 Å². The molecular formula is C13H18O3. The molecule has 0 aliphatic carbocycles. The Labute approximate surface area is 96.1 Å². The maximum absolute atomic E-state index is 10.5. The summed E-state index contributed by atoms with van der Waals surface area (Å²) < 4.78 is 5.48. The summed E-state index contributed by atoms with van der Waals surface area (Å²) in [6, 6.07) is 7.78. The van der Waals surface area contributed by atoms with Crippen LogP contribution in [0.1, 0.15) is 38.7 Å². The number of carboxylic acids is 1. The smallest absolute Gasteiger partial charge is 0.307 e. The van der Waals surface area contributed by atoms with E-state index in [2.05, 4.69) is 13.8 Å². The fraction of sp³-hybridized carbons (Fsp3) is 0.462. The zero-order valence-electron chi connectivity index (χ0n) is 9.93. The van der Waals surface area contributed by atoms with Gasteiger partial charge in [-0.3, -0.25) is 4.79 Å². The minimum absolute atomic E-state index is 0.0198. The van der Waals surface area contributed by atoms with Crippen molar-refractivity contribution >= 4 is 5.97 Å². The molecule has 0 saturated carbocycles. The Bertz CT molecular complexity index is 341. The molecule has 0 aliphatic rings. The quantitative estimate of drug-likeness (QED) is 0.832. The second-order valence-electron chi connectivity index (χ2n) is 4.25. The molecule has 3 heteroatoms. The molecule has 88 valence electrons. The van der Waals surface area contributed by atoms with E-state index in [1.807, 2.05) is 24.3 Å². The Balaban J connectivity index is 2.58. The predicted octanol–water partition coefficient (Wildman–Crippen LogP) is 3.05. The third kappa shape index (κ3) is 3.93. The number of aliphatic carboxylic acids is 1. The largest absolute Gasteiger partial charge is 0.490 e. The molecule has 0 radical (unpaired) electrons. The van der Waals surface area contributed by atoms with Gasteiger partial charge in [0.25, 0.3) is 0 Å². The minimum atomic E-state index is -0.841. The number of rotatable bonds is 5. The standard InChI is InChI=1S/C13H18O3/c1-9(2)11-4-6-12(7-5-11)16-10(3)8-13(14)15/h4-7,9-10H,8H2,1-3H3,(H,14,15). The van der Waals surface area contributed by atoms with Gasteiger partial charge >= 0.3 is 5.97 Å². The Morgan fingerprint density at radius 1 is 1.25 bits per heavy atom. The van der Waals surface area contributed by atoms with E-state index < -0.39 is 5.97 Å². The van der Waals surface area contributed by atoms with Gasteiger partial charge in [0.2, 0.25) is 0 Å². The van der Waals surface area contributed by atoms with Gasteiger partial charge < -0.3 is 9.84 Å². The van der Waals surface area contributed by atoms with Crippen molar-refractivity contribution < 1.29 is 14.6 Å². The van der Waals surface area contributed by atoms with Crippen LogP contribution in [0.25, 0.3) is 0 Å². The third-order valence-corrected chi connectivity index (χ3v) is 2.35. The molecule has 1 aromatic rings. The Kier molecular flexibility index (Phi) is 4.35. The number of ether oxygens (including phenoxy) is 1. The van der Waals surface area contributed by atoms with Gasteiger partial charge in [-0.2, -0.15) is 0 Å². The predicted molar refractivity (Wildman–Crippen MR) is 62.9 cm³/mol. The number of hydrogen-bond donors (Lipinski definition) is 1. The summed E-state index contributed by atoms with van der Waals surface area (Å²) in [5.41, 5.74) is 1.25. The van der Waals surface area contributed by atoms with Gasteiger partial charge in [0.15, 0.2) is 0 Å². The van der Waals surface area contributed by atoms with Crippen LogP contribution in [0.2, 0.25) is 0 Å². The first-order valence-corrected chi connectivity index (χ1v) is 5.47. The van der Waals surface area contributed by atoms with E-state index in [1.165, 1.54) is 5.56 Å². The molecule has 0 heterocycles. The summed E-state index contributed by atoms with van der Waals surface area (Å²) in [6.45, 7) is 6.01. The van der Waals surface area contributed by atoms with E-state index in [-0.39, 0.29) is 12.5 Å². The van der Waals surface area contributed by atoms with Gasteiger partial charge in [-0.05, 0) is 30.5 Å². The number of carbonyl (C=O) groups is 1. The lowest BCUT2D eigenvalue weighted by molar-refractivity contribution is -0.138. The SMILES string of the molecule is CC(CC(=O)O)Oc1ccc(C(C)C)cc1. The van der Waals surface area contributed by atoms with Gasteiger partial charge in [0.1, 0.15) is 11.9 Å². The van der Waals surface area contributed by atoms with Gasteiger partial charge in [0.05, 0.1) is 6.42 Å². The van der Waals surface area contributed by atoms with Crippen LogP contribution in [0.4, 0.5) is 0 Å². The van der Waals surface area contributed by atoms with Crippen molar-refractivity contribution in [2.24, 2.45) is 0 Å². The van der Waals surface area contributed by atoms with E-state index in [9.17, 15) is 4.79 Å². The second-order valence-corrected chi connectivity index (χ2v) is 4.25. The molecule has 1 unspecified atom stereocenters. The third-order valence-electron chi connectivity index (χ3n) is 2.35. The first-order valence-electron chi connectivity index (χ1n) is 5.47. The highest BCUT2D eigenvalue weighted by Crippen LogP contribution is 2.19. The van der Waals surface area contributed by atoms with Crippen molar-refractivity contribution in [3.8, 4) is 5.75 Å². The molecule has 1 aromatic carbocycles. The summed E-state index contributed by atoms with van der Waals surface area (Å²) in [7, 11) is 0. The van der Waals surface area contributed by atoms with Crippen molar-refractivity contribution in [1.29, 1.82) is 0 Å². The average molecular weight is 222 g/mol. The molecule has 1 rings (SSSR count). The normalized spacial score (nSPS) is 12.5. The summed E-state index contributed by atoms with van der Waals surface area (Å²) in [4.78, 5) is 10.5. The topological polar surface area (TPSA) is 46.5 Å². The van der Waals surface area contributed by atoms with Gasteiger partial charge in [-0.25, -0.2) is 0 Å². The molecule has 1 N–H and O–H groups in total. The lowest BCUT2D eigenvalue weighted by Gasteiger charge is -2.13. The maximum atomic E-state index is 10.5. The molecule has 0 aliphatic heterocycles. The molecule has 3 nitrogen and oxygen atoms in total. The lowest BCUT2D eigenvalue weighted by Crippen LogP contribution is -2.16. The van der Waals surface area contributed by atoms with Crippen LogP contribution >= 0.6 is 0 Å². The molecule has 0 amide bonds. The zero-order valence-corrected chi connectivity index (χ0v) is 9.93. The van der Waals surface area contributed by atoms with E-state index in [0.717, 1.165) is 5.75 Å². The van der Waals surface area contributed by atoms with Crippen LogP contribution in [0.3, 0.4) is 0 Å². The van der Waals surface area contributed by atoms with Crippen LogP contribution in [-0.2, 0) is 4.79 Å². The number of benzene rings is 1. The van der Waals surface area contributed by atoms with Crippen LogP contribution in [0.15, 0.2) is 24.3 Å². The first-order chi connectivity index (χ1) is 7.49. The summed E-state index contributed by atoms with van der Waals surface area (Å²) >= 11 is 0. The highest BCUT2D eigenvalue weighted by atomic mass is 16.5. The maximum Gasteiger partial charge on any atom is 0.307 e. The van der Waals surface area contributed by atoms with E-state index in [1.54, 1.807) is 6.92 Å². The Morgan fingerprint density at radius 2 is 1.81 bits per heavy atom.